The predicted molar refractivity (Wildman–Crippen MR) is 224 cm³/mol. The highest BCUT2D eigenvalue weighted by Gasteiger charge is 2.47. The van der Waals surface area contributed by atoms with E-state index in [1.165, 1.54) is 44.9 Å². The lowest BCUT2D eigenvalue weighted by Gasteiger charge is -2.42. The number of allylic oxidation sites excluding steroid dienone is 6. The zero-order valence-electron chi connectivity index (χ0n) is 36.0. The fourth-order valence-corrected chi connectivity index (χ4v) is 6.94. The average molecular weight is 845 g/mol. The van der Waals surface area contributed by atoms with Gasteiger partial charge in [0.15, 0.2) is 12.6 Å². The minimum absolute atomic E-state index is 0.0477. The van der Waals surface area contributed by atoms with E-state index in [4.69, 9.17) is 28.4 Å². The van der Waals surface area contributed by atoms with E-state index in [2.05, 4.69) is 50.3 Å². The van der Waals surface area contributed by atoms with Crippen LogP contribution in [-0.4, -0.2) is 142 Å². The second-order valence-corrected chi connectivity index (χ2v) is 15.8. The van der Waals surface area contributed by atoms with Crippen molar-refractivity contribution >= 4 is 5.97 Å². The van der Waals surface area contributed by atoms with E-state index < -0.39 is 80.7 Å². The minimum atomic E-state index is -1.71. The first-order valence-electron chi connectivity index (χ1n) is 22.6. The molecule has 0 saturated carbocycles. The molecule has 2 aliphatic heterocycles. The molecule has 11 atom stereocenters. The Balaban J connectivity index is 1.83. The molecule has 0 aliphatic carbocycles. The number of rotatable bonds is 34. The number of esters is 1. The van der Waals surface area contributed by atoms with E-state index in [0.29, 0.717) is 13.0 Å². The standard InChI is InChI=1S/C45H80O14/c1-3-5-7-9-11-13-15-16-17-19-21-23-25-27-29-54-31-34(57-37(47)28-26-24-22-20-18-14-12-10-8-6-4-2)32-55-44-43(53)41(51)39(49)36(59-44)33-56-45-42(52)40(50)38(48)35(30-46)58-45/h5,7,11,13,16-17,34-36,38-46,48-53H,3-4,6,8-10,12,14-15,18-33H2,1-2H3/b7-5-,13-11-,17-16-. The summed E-state index contributed by atoms with van der Waals surface area (Å²) in [5, 5.41) is 71.8. The summed E-state index contributed by atoms with van der Waals surface area (Å²) in [4.78, 5) is 12.9. The van der Waals surface area contributed by atoms with Gasteiger partial charge >= 0.3 is 5.97 Å². The van der Waals surface area contributed by atoms with E-state index in [1.54, 1.807) is 0 Å². The molecule has 2 heterocycles. The number of carbonyl (C=O) groups excluding carboxylic acids is 1. The third-order valence-electron chi connectivity index (χ3n) is 10.7. The van der Waals surface area contributed by atoms with Gasteiger partial charge in [0.1, 0.15) is 54.9 Å². The van der Waals surface area contributed by atoms with E-state index in [9.17, 15) is 40.5 Å². The van der Waals surface area contributed by atoms with Gasteiger partial charge in [-0.3, -0.25) is 4.79 Å². The molecule has 0 aromatic heterocycles. The Hall–Kier alpha value is -1.79. The van der Waals surface area contributed by atoms with Gasteiger partial charge in [0, 0.05) is 13.0 Å². The van der Waals surface area contributed by atoms with Crippen LogP contribution >= 0.6 is 0 Å². The number of aliphatic hydroxyl groups excluding tert-OH is 7. The van der Waals surface area contributed by atoms with Crippen molar-refractivity contribution in [3.63, 3.8) is 0 Å². The van der Waals surface area contributed by atoms with Crippen LogP contribution in [0.2, 0.25) is 0 Å². The second kappa shape index (κ2) is 33.8. The smallest absolute Gasteiger partial charge is 0.306 e. The van der Waals surface area contributed by atoms with Crippen molar-refractivity contribution in [2.45, 2.75) is 210 Å². The van der Waals surface area contributed by atoms with Gasteiger partial charge in [0.2, 0.25) is 0 Å². The Morgan fingerprint density at radius 2 is 1.10 bits per heavy atom. The lowest BCUT2D eigenvalue weighted by Crippen LogP contribution is -2.61. The van der Waals surface area contributed by atoms with Crippen molar-refractivity contribution in [3.8, 4) is 0 Å². The van der Waals surface area contributed by atoms with E-state index in [-0.39, 0.29) is 25.6 Å². The summed E-state index contributed by atoms with van der Waals surface area (Å²) in [6.45, 7) is 3.49. The molecule has 2 saturated heterocycles. The Labute approximate surface area is 353 Å². The summed E-state index contributed by atoms with van der Waals surface area (Å²) in [5.74, 6) is -0.388. The Morgan fingerprint density at radius 1 is 0.576 bits per heavy atom. The highest BCUT2D eigenvalue weighted by atomic mass is 16.7. The van der Waals surface area contributed by atoms with Crippen molar-refractivity contribution in [2.24, 2.45) is 0 Å². The normalized spacial score (nSPS) is 28.3. The Bertz CT molecular complexity index is 1120. The molecule has 0 aromatic rings. The van der Waals surface area contributed by atoms with Gasteiger partial charge in [-0.25, -0.2) is 0 Å². The summed E-state index contributed by atoms with van der Waals surface area (Å²) in [6, 6.07) is 0. The van der Waals surface area contributed by atoms with E-state index in [0.717, 1.165) is 70.6 Å². The lowest BCUT2D eigenvalue weighted by molar-refractivity contribution is -0.332. The largest absolute Gasteiger partial charge is 0.457 e. The molecule has 344 valence electrons. The molecule has 0 bridgehead atoms. The fourth-order valence-electron chi connectivity index (χ4n) is 6.94. The molecule has 7 N–H and O–H groups in total. The van der Waals surface area contributed by atoms with Crippen LogP contribution in [0.5, 0.6) is 0 Å². The summed E-state index contributed by atoms with van der Waals surface area (Å²) in [6.07, 6.45) is 17.9. The first-order valence-corrected chi connectivity index (χ1v) is 22.6. The third kappa shape index (κ3) is 22.8. The average Bonchev–Trinajstić information content (AvgIpc) is 3.23. The monoisotopic (exact) mass is 845 g/mol. The quantitative estimate of drug-likeness (QED) is 0.0256. The van der Waals surface area contributed by atoms with Crippen molar-refractivity contribution in [3.05, 3.63) is 36.5 Å². The number of unbranched alkanes of at least 4 members (excludes halogenated alkanes) is 14. The van der Waals surface area contributed by atoms with Crippen LogP contribution in [-0.2, 0) is 33.2 Å². The first-order chi connectivity index (χ1) is 28.6. The van der Waals surface area contributed by atoms with Crippen LogP contribution in [0.1, 0.15) is 142 Å². The van der Waals surface area contributed by atoms with Crippen molar-refractivity contribution < 1.29 is 69.0 Å². The highest BCUT2D eigenvalue weighted by molar-refractivity contribution is 5.69. The molecular weight excluding hydrogens is 764 g/mol. The molecule has 0 aromatic carbocycles. The van der Waals surface area contributed by atoms with E-state index in [1.807, 2.05) is 0 Å². The maximum atomic E-state index is 12.9. The SMILES string of the molecule is CC/C=C\C/C=C\C/C=C\CCCCCCOCC(COC1OC(COC2OC(CO)C(O)C(O)C2O)C(O)C(O)C1O)OC(=O)CCCCCCCCCCCCC. The maximum Gasteiger partial charge on any atom is 0.306 e. The van der Waals surface area contributed by atoms with Gasteiger partial charge in [-0.2, -0.15) is 0 Å². The zero-order valence-corrected chi connectivity index (χ0v) is 36.0. The first kappa shape index (κ1) is 53.3. The van der Waals surface area contributed by atoms with Gasteiger partial charge in [-0.05, 0) is 44.9 Å². The molecule has 2 fully saturated rings. The van der Waals surface area contributed by atoms with Gasteiger partial charge < -0.3 is 64.2 Å². The molecule has 0 amide bonds. The number of ether oxygens (including phenoxy) is 6. The maximum absolute atomic E-state index is 12.9. The number of hydrogen-bond donors (Lipinski definition) is 7. The molecule has 2 aliphatic rings. The predicted octanol–water partition coefficient (Wildman–Crippen LogP) is 5.07. The molecule has 14 nitrogen and oxygen atoms in total. The van der Waals surface area contributed by atoms with Gasteiger partial charge in [-0.1, -0.05) is 127 Å². The number of carbonyl (C=O) groups is 1. The molecular formula is C45H80O14. The number of aliphatic hydroxyl groups is 7. The molecule has 0 spiro atoms. The van der Waals surface area contributed by atoms with Crippen molar-refractivity contribution in [1.29, 1.82) is 0 Å². The fraction of sp³-hybridized carbons (Fsp3) is 0.844. The summed E-state index contributed by atoms with van der Waals surface area (Å²) in [7, 11) is 0. The zero-order chi connectivity index (χ0) is 43.1. The summed E-state index contributed by atoms with van der Waals surface area (Å²) >= 11 is 0. The summed E-state index contributed by atoms with van der Waals surface area (Å²) in [5.41, 5.74) is 0. The topological polar surface area (TPSA) is 214 Å². The number of hydrogen-bond acceptors (Lipinski definition) is 14. The Kier molecular flexibility index (Phi) is 30.6. The molecule has 11 unspecified atom stereocenters. The third-order valence-corrected chi connectivity index (χ3v) is 10.7. The van der Waals surface area contributed by atoms with Crippen molar-refractivity contribution in [2.75, 3.05) is 33.0 Å². The van der Waals surface area contributed by atoms with Crippen LogP contribution in [0.15, 0.2) is 36.5 Å². The van der Waals surface area contributed by atoms with Crippen LogP contribution in [0.25, 0.3) is 0 Å². The van der Waals surface area contributed by atoms with Gasteiger partial charge in [0.05, 0.1) is 26.4 Å². The van der Waals surface area contributed by atoms with Crippen molar-refractivity contribution in [1.82, 2.24) is 0 Å². The highest BCUT2D eigenvalue weighted by Crippen LogP contribution is 2.26. The lowest BCUT2D eigenvalue weighted by atomic mass is 9.98. The van der Waals surface area contributed by atoms with E-state index >= 15 is 0 Å². The second-order valence-electron chi connectivity index (χ2n) is 15.8. The van der Waals surface area contributed by atoms with Crippen LogP contribution in [0.3, 0.4) is 0 Å². The van der Waals surface area contributed by atoms with Crippen LogP contribution < -0.4 is 0 Å². The van der Waals surface area contributed by atoms with Gasteiger partial charge in [-0.15, -0.1) is 0 Å². The summed E-state index contributed by atoms with van der Waals surface area (Å²) < 4.78 is 34.1. The molecule has 2 rings (SSSR count). The molecule has 0 radical (unpaired) electrons. The molecule has 59 heavy (non-hydrogen) atoms. The minimum Gasteiger partial charge on any atom is -0.457 e. The molecule has 14 heteroatoms. The van der Waals surface area contributed by atoms with Gasteiger partial charge in [0.25, 0.3) is 0 Å². The van der Waals surface area contributed by atoms with Crippen LogP contribution in [0, 0.1) is 0 Å². The Morgan fingerprint density at radius 3 is 1.73 bits per heavy atom. The van der Waals surface area contributed by atoms with Crippen LogP contribution in [0.4, 0.5) is 0 Å².